The predicted octanol–water partition coefficient (Wildman–Crippen LogP) is 3.74. The Hall–Kier alpha value is -1.09. The van der Waals surface area contributed by atoms with E-state index in [4.69, 9.17) is 28.9 Å². The van der Waals surface area contributed by atoms with Crippen molar-refractivity contribution in [2.24, 2.45) is 5.73 Å². The summed E-state index contributed by atoms with van der Waals surface area (Å²) < 4.78 is 0. The molecule has 1 unspecified atom stereocenters. The van der Waals surface area contributed by atoms with Crippen LogP contribution in [0, 0.1) is 6.92 Å². The number of hydrogen-bond acceptors (Lipinski definition) is 2. The third-order valence-electron chi connectivity index (χ3n) is 2.66. The fourth-order valence-corrected chi connectivity index (χ4v) is 2.16. The van der Waals surface area contributed by atoms with Gasteiger partial charge in [-0.15, -0.1) is 0 Å². The highest BCUT2D eigenvalue weighted by atomic mass is 35.5. The van der Waals surface area contributed by atoms with Crippen LogP contribution < -0.4 is 5.73 Å². The van der Waals surface area contributed by atoms with E-state index < -0.39 is 0 Å². The normalized spacial score (nSPS) is 12.5. The number of nitrogens with two attached hydrogens (primary N) is 1. The fraction of sp³-hybridized carbons (Fsp3) is 0.154. The van der Waals surface area contributed by atoms with Gasteiger partial charge in [0, 0.05) is 6.20 Å². The van der Waals surface area contributed by atoms with Gasteiger partial charge in [-0.25, -0.2) is 0 Å². The highest BCUT2D eigenvalue weighted by molar-refractivity contribution is 6.42. The minimum Gasteiger partial charge on any atom is -0.319 e. The van der Waals surface area contributed by atoms with Crippen molar-refractivity contribution in [3.63, 3.8) is 0 Å². The minimum absolute atomic E-state index is 0.359. The van der Waals surface area contributed by atoms with Crippen molar-refractivity contribution in [1.29, 1.82) is 0 Å². The SMILES string of the molecule is Cc1cccnc1C(N)c1cccc(Cl)c1Cl. The van der Waals surface area contributed by atoms with Crippen LogP contribution in [-0.2, 0) is 0 Å². The molecule has 1 aromatic carbocycles. The zero-order valence-corrected chi connectivity index (χ0v) is 10.8. The molecule has 2 N–H and O–H groups in total. The summed E-state index contributed by atoms with van der Waals surface area (Å²) in [4.78, 5) is 4.30. The molecular formula is C13H12Cl2N2. The molecule has 0 saturated carbocycles. The number of rotatable bonds is 2. The van der Waals surface area contributed by atoms with Crippen LogP contribution in [-0.4, -0.2) is 4.98 Å². The summed E-state index contributed by atoms with van der Waals surface area (Å²) in [7, 11) is 0. The first-order valence-corrected chi connectivity index (χ1v) is 5.98. The summed E-state index contributed by atoms with van der Waals surface area (Å²) in [5.41, 5.74) is 8.83. The lowest BCUT2D eigenvalue weighted by Crippen LogP contribution is -2.15. The average molecular weight is 267 g/mol. The van der Waals surface area contributed by atoms with Gasteiger partial charge in [0.25, 0.3) is 0 Å². The van der Waals surface area contributed by atoms with E-state index in [1.165, 1.54) is 0 Å². The van der Waals surface area contributed by atoms with Crippen LogP contribution in [0.3, 0.4) is 0 Å². The van der Waals surface area contributed by atoms with E-state index in [0.29, 0.717) is 10.0 Å². The smallest absolute Gasteiger partial charge is 0.0744 e. The standard InChI is InChI=1S/C13H12Cl2N2/c1-8-4-3-7-17-13(8)12(16)9-5-2-6-10(14)11(9)15/h2-7,12H,16H2,1H3. The van der Waals surface area contributed by atoms with Crippen molar-refractivity contribution < 1.29 is 0 Å². The number of halogens is 2. The van der Waals surface area contributed by atoms with Gasteiger partial charge in [0.05, 0.1) is 21.8 Å². The Labute approximate surface area is 110 Å². The summed E-state index contributed by atoms with van der Waals surface area (Å²) in [5.74, 6) is 0. The van der Waals surface area contributed by atoms with E-state index >= 15 is 0 Å². The van der Waals surface area contributed by atoms with E-state index in [2.05, 4.69) is 4.98 Å². The van der Waals surface area contributed by atoms with Gasteiger partial charge < -0.3 is 5.73 Å². The lowest BCUT2D eigenvalue weighted by atomic mass is 10.0. The van der Waals surface area contributed by atoms with Gasteiger partial charge in [0.15, 0.2) is 0 Å². The topological polar surface area (TPSA) is 38.9 Å². The maximum atomic E-state index is 6.18. The summed E-state index contributed by atoms with van der Waals surface area (Å²) in [6.07, 6.45) is 1.72. The van der Waals surface area contributed by atoms with Gasteiger partial charge in [0.1, 0.15) is 0 Å². The Balaban J connectivity index is 2.48. The summed E-state index contributed by atoms with van der Waals surface area (Å²) in [6.45, 7) is 1.97. The molecule has 1 atom stereocenters. The van der Waals surface area contributed by atoms with Gasteiger partial charge in [0.2, 0.25) is 0 Å². The van der Waals surface area contributed by atoms with Crippen LogP contribution in [0.25, 0.3) is 0 Å². The first kappa shape index (κ1) is 12.4. The molecule has 0 amide bonds. The molecule has 4 heteroatoms. The highest BCUT2D eigenvalue weighted by Gasteiger charge is 2.16. The van der Waals surface area contributed by atoms with Crippen molar-refractivity contribution in [2.45, 2.75) is 13.0 Å². The molecule has 0 spiro atoms. The van der Waals surface area contributed by atoms with Crippen LogP contribution in [0.2, 0.25) is 10.0 Å². The minimum atomic E-state index is -0.359. The van der Waals surface area contributed by atoms with Crippen molar-refractivity contribution in [3.8, 4) is 0 Å². The second-order valence-corrected chi connectivity index (χ2v) is 4.61. The maximum absolute atomic E-state index is 6.18. The third kappa shape index (κ3) is 2.44. The number of benzene rings is 1. The molecule has 0 radical (unpaired) electrons. The number of nitrogens with zero attached hydrogens (tertiary/aromatic N) is 1. The Morgan fingerprint density at radius 1 is 1.18 bits per heavy atom. The van der Waals surface area contributed by atoms with Gasteiger partial charge in [-0.1, -0.05) is 41.4 Å². The molecule has 1 aromatic heterocycles. The second-order valence-electron chi connectivity index (χ2n) is 3.83. The van der Waals surface area contributed by atoms with E-state index in [9.17, 15) is 0 Å². The Morgan fingerprint density at radius 3 is 2.65 bits per heavy atom. The lowest BCUT2D eigenvalue weighted by Gasteiger charge is -2.15. The van der Waals surface area contributed by atoms with Crippen LogP contribution in [0.1, 0.15) is 22.9 Å². The number of hydrogen-bond donors (Lipinski definition) is 1. The molecule has 88 valence electrons. The molecule has 0 saturated heterocycles. The quantitative estimate of drug-likeness (QED) is 0.900. The van der Waals surface area contributed by atoms with E-state index in [1.807, 2.05) is 31.2 Å². The molecule has 2 nitrogen and oxygen atoms in total. The summed E-state index contributed by atoms with van der Waals surface area (Å²) in [5, 5.41) is 1.000. The molecule has 2 rings (SSSR count). The van der Waals surface area contributed by atoms with Crippen LogP contribution >= 0.6 is 23.2 Å². The van der Waals surface area contributed by atoms with E-state index in [0.717, 1.165) is 16.8 Å². The molecule has 0 fully saturated rings. The van der Waals surface area contributed by atoms with Gasteiger partial charge >= 0.3 is 0 Å². The fourth-order valence-electron chi connectivity index (χ4n) is 1.73. The molecule has 17 heavy (non-hydrogen) atoms. The first-order chi connectivity index (χ1) is 8.11. The number of aromatic nitrogens is 1. The predicted molar refractivity (Wildman–Crippen MR) is 71.5 cm³/mol. The highest BCUT2D eigenvalue weighted by Crippen LogP contribution is 2.31. The zero-order valence-electron chi connectivity index (χ0n) is 9.32. The third-order valence-corrected chi connectivity index (χ3v) is 3.49. The van der Waals surface area contributed by atoms with Crippen LogP contribution in [0.15, 0.2) is 36.5 Å². The van der Waals surface area contributed by atoms with Crippen molar-refractivity contribution in [2.75, 3.05) is 0 Å². The average Bonchev–Trinajstić information content (AvgIpc) is 2.32. The van der Waals surface area contributed by atoms with Crippen molar-refractivity contribution in [1.82, 2.24) is 4.98 Å². The van der Waals surface area contributed by atoms with Crippen molar-refractivity contribution in [3.05, 3.63) is 63.4 Å². The Bertz CT molecular complexity index is 541. The molecule has 0 aliphatic rings. The second kappa shape index (κ2) is 5.05. The molecule has 1 heterocycles. The molecule has 2 aromatic rings. The van der Waals surface area contributed by atoms with Crippen molar-refractivity contribution >= 4 is 23.2 Å². The Morgan fingerprint density at radius 2 is 1.94 bits per heavy atom. The molecule has 0 bridgehead atoms. The Kier molecular flexibility index (Phi) is 3.67. The lowest BCUT2D eigenvalue weighted by molar-refractivity contribution is 0.818. The maximum Gasteiger partial charge on any atom is 0.0744 e. The van der Waals surface area contributed by atoms with Crippen LogP contribution in [0.5, 0.6) is 0 Å². The number of pyridine rings is 1. The summed E-state index contributed by atoms with van der Waals surface area (Å²) in [6, 6.07) is 8.94. The number of aryl methyl sites for hydroxylation is 1. The van der Waals surface area contributed by atoms with Gasteiger partial charge in [-0.2, -0.15) is 0 Å². The van der Waals surface area contributed by atoms with Gasteiger partial charge in [-0.3, -0.25) is 4.98 Å². The molecular weight excluding hydrogens is 255 g/mol. The van der Waals surface area contributed by atoms with E-state index in [1.54, 1.807) is 12.3 Å². The molecule has 0 aliphatic heterocycles. The largest absolute Gasteiger partial charge is 0.319 e. The van der Waals surface area contributed by atoms with E-state index in [-0.39, 0.29) is 6.04 Å². The summed E-state index contributed by atoms with van der Waals surface area (Å²) >= 11 is 12.1. The first-order valence-electron chi connectivity index (χ1n) is 5.22. The zero-order chi connectivity index (χ0) is 12.4. The van der Waals surface area contributed by atoms with Crippen LogP contribution in [0.4, 0.5) is 0 Å². The molecule has 0 aliphatic carbocycles. The monoisotopic (exact) mass is 266 g/mol. The van der Waals surface area contributed by atoms with Gasteiger partial charge in [-0.05, 0) is 30.2 Å².